The van der Waals surface area contributed by atoms with Crippen LogP contribution in [0.15, 0.2) is 36.4 Å². The van der Waals surface area contributed by atoms with Crippen molar-refractivity contribution in [3.63, 3.8) is 0 Å². The topological polar surface area (TPSA) is 75.1 Å². The van der Waals surface area contributed by atoms with Crippen molar-refractivity contribution in [1.29, 1.82) is 5.41 Å². The molecular weight excluding hydrogens is 338 g/mol. The highest BCUT2D eigenvalue weighted by Gasteiger charge is 2.45. The average molecular weight is 365 g/mol. The fraction of sp³-hybridized carbons (Fsp3) is 0.409. The number of carbonyl (C=O) groups is 1. The highest BCUT2D eigenvalue weighted by atomic mass is 16.5. The fourth-order valence-electron chi connectivity index (χ4n) is 3.63. The molecule has 142 valence electrons. The first-order chi connectivity index (χ1) is 12.8. The summed E-state index contributed by atoms with van der Waals surface area (Å²) < 4.78 is 5.86. The summed E-state index contributed by atoms with van der Waals surface area (Å²) in [7, 11) is 0. The molecule has 27 heavy (non-hydrogen) atoms. The van der Waals surface area contributed by atoms with Crippen LogP contribution in [0.3, 0.4) is 0 Å². The van der Waals surface area contributed by atoms with Crippen LogP contribution in [0.2, 0.25) is 0 Å². The van der Waals surface area contributed by atoms with Gasteiger partial charge in [0.1, 0.15) is 11.6 Å². The number of aromatic nitrogens is 1. The van der Waals surface area contributed by atoms with Crippen LogP contribution in [-0.2, 0) is 11.2 Å². The van der Waals surface area contributed by atoms with Crippen LogP contribution >= 0.6 is 0 Å². The van der Waals surface area contributed by atoms with E-state index >= 15 is 0 Å². The lowest BCUT2D eigenvalue weighted by atomic mass is 9.73. The van der Waals surface area contributed by atoms with Crippen LogP contribution in [-0.4, -0.2) is 23.3 Å². The van der Waals surface area contributed by atoms with Gasteiger partial charge in [-0.2, -0.15) is 0 Å². The monoisotopic (exact) mass is 365 g/mol. The molecule has 0 bridgehead atoms. The van der Waals surface area contributed by atoms with Crippen LogP contribution in [0.1, 0.15) is 48.7 Å². The Labute approximate surface area is 160 Å². The molecule has 3 rings (SSSR count). The zero-order valence-corrected chi connectivity index (χ0v) is 16.4. The molecule has 5 nitrogen and oxygen atoms in total. The molecule has 1 aromatic carbocycles. The molecule has 2 aromatic rings. The Morgan fingerprint density at radius 3 is 2.41 bits per heavy atom. The summed E-state index contributed by atoms with van der Waals surface area (Å²) >= 11 is 0. The third-order valence-electron chi connectivity index (χ3n) is 5.48. The van der Waals surface area contributed by atoms with E-state index in [0.29, 0.717) is 18.9 Å². The van der Waals surface area contributed by atoms with Crippen molar-refractivity contribution in [2.45, 2.75) is 46.5 Å². The van der Waals surface area contributed by atoms with E-state index < -0.39 is 5.41 Å². The van der Waals surface area contributed by atoms with Gasteiger partial charge in [-0.3, -0.25) is 15.2 Å². The van der Waals surface area contributed by atoms with Gasteiger partial charge in [0.2, 0.25) is 5.91 Å². The van der Waals surface area contributed by atoms with Gasteiger partial charge in [0.15, 0.2) is 0 Å². The van der Waals surface area contributed by atoms with E-state index in [1.54, 1.807) is 0 Å². The maximum atomic E-state index is 12.2. The van der Waals surface area contributed by atoms with Crippen LogP contribution in [0.4, 0.5) is 0 Å². The molecule has 1 fully saturated rings. The minimum atomic E-state index is -0.557. The fourth-order valence-corrected chi connectivity index (χ4v) is 3.63. The van der Waals surface area contributed by atoms with E-state index in [0.717, 1.165) is 29.1 Å². The van der Waals surface area contributed by atoms with Crippen LogP contribution in [0.25, 0.3) is 0 Å². The number of aryl methyl sites for hydroxylation is 2. The minimum Gasteiger partial charge on any atom is -0.493 e. The molecule has 5 heteroatoms. The number of pyridine rings is 1. The molecule has 1 aliphatic heterocycles. The second-order valence-electron chi connectivity index (χ2n) is 7.67. The normalized spacial score (nSPS) is 20.4. The Hall–Kier alpha value is -2.69. The molecule has 1 saturated heterocycles. The van der Waals surface area contributed by atoms with E-state index in [1.165, 1.54) is 5.56 Å². The number of ether oxygens (including phenoxy) is 1. The Bertz CT molecular complexity index is 840. The van der Waals surface area contributed by atoms with E-state index in [2.05, 4.69) is 41.5 Å². The van der Waals surface area contributed by atoms with Crippen molar-refractivity contribution in [3.8, 4) is 5.75 Å². The predicted octanol–water partition coefficient (Wildman–Crippen LogP) is 3.93. The van der Waals surface area contributed by atoms with E-state index in [-0.39, 0.29) is 11.8 Å². The van der Waals surface area contributed by atoms with Crippen LogP contribution < -0.4 is 10.1 Å². The molecule has 0 spiro atoms. The van der Waals surface area contributed by atoms with Gasteiger partial charge in [0, 0.05) is 36.4 Å². The molecule has 1 aliphatic rings. The maximum Gasteiger partial charge on any atom is 0.232 e. The quantitative estimate of drug-likeness (QED) is 0.814. The number of hydrogen-bond acceptors (Lipinski definition) is 4. The van der Waals surface area contributed by atoms with Crippen molar-refractivity contribution < 1.29 is 9.53 Å². The predicted molar refractivity (Wildman–Crippen MR) is 106 cm³/mol. The summed E-state index contributed by atoms with van der Waals surface area (Å²) in [5.74, 6) is 1.16. The Kier molecular flexibility index (Phi) is 5.31. The summed E-state index contributed by atoms with van der Waals surface area (Å²) in [6.45, 7) is 8.53. The highest BCUT2D eigenvalue weighted by Crippen LogP contribution is 2.41. The van der Waals surface area contributed by atoms with Gasteiger partial charge in [-0.1, -0.05) is 31.2 Å². The second-order valence-corrected chi connectivity index (χ2v) is 7.67. The molecule has 0 saturated carbocycles. The Balaban J connectivity index is 1.60. The van der Waals surface area contributed by atoms with Gasteiger partial charge in [-0.25, -0.2) is 0 Å². The summed E-state index contributed by atoms with van der Waals surface area (Å²) in [5.41, 5.74) is 3.68. The second kappa shape index (κ2) is 7.51. The maximum absolute atomic E-state index is 12.2. The van der Waals surface area contributed by atoms with Gasteiger partial charge in [0.05, 0.1) is 12.0 Å². The summed E-state index contributed by atoms with van der Waals surface area (Å²) in [6.07, 6.45) is 1.28. The molecule has 2 heterocycles. The molecule has 0 radical (unpaired) electrons. The molecule has 1 amide bonds. The summed E-state index contributed by atoms with van der Waals surface area (Å²) in [6, 6.07) is 12.3. The van der Waals surface area contributed by atoms with E-state index in [4.69, 9.17) is 10.1 Å². The van der Waals surface area contributed by atoms with E-state index in [9.17, 15) is 4.79 Å². The SMILES string of the molecule is Cc1cc(OCCc2ccc(C(C)C3(C)CC(=N)NC3=O)cc2)cc(C)n1. The third kappa shape index (κ3) is 4.18. The first-order valence-electron chi connectivity index (χ1n) is 9.34. The van der Waals surface area contributed by atoms with Crippen LogP contribution in [0, 0.1) is 24.7 Å². The average Bonchev–Trinajstić information content (AvgIpc) is 2.87. The highest BCUT2D eigenvalue weighted by molar-refractivity contribution is 6.07. The smallest absolute Gasteiger partial charge is 0.232 e. The van der Waals surface area contributed by atoms with Gasteiger partial charge >= 0.3 is 0 Å². The number of amidine groups is 1. The molecular formula is C22H27N3O2. The summed E-state index contributed by atoms with van der Waals surface area (Å²) in [5, 5.41) is 10.4. The first kappa shape index (κ1) is 19.1. The van der Waals surface area contributed by atoms with Crippen molar-refractivity contribution in [3.05, 3.63) is 58.9 Å². The number of carbonyl (C=O) groups excluding carboxylic acids is 1. The number of nitrogens with one attached hydrogen (secondary N) is 2. The number of benzene rings is 1. The van der Waals surface area contributed by atoms with Gasteiger partial charge in [-0.05, 0) is 37.8 Å². The zero-order valence-electron chi connectivity index (χ0n) is 16.4. The number of rotatable bonds is 6. The lowest BCUT2D eigenvalue weighted by molar-refractivity contribution is -0.127. The number of hydrogen-bond donors (Lipinski definition) is 2. The Morgan fingerprint density at radius 2 is 1.85 bits per heavy atom. The van der Waals surface area contributed by atoms with E-state index in [1.807, 2.05) is 32.9 Å². The number of amides is 1. The molecule has 0 aliphatic carbocycles. The molecule has 2 atom stereocenters. The van der Waals surface area contributed by atoms with Crippen molar-refractivity contribution >= 4 is 11.7 Å². The van der Waals surface area contributed by atoms with Crippen molar-refractivity contribution in [2.24, 2.45) is 5.41 Å². The minimum absolute atomic E-state index is 0.0495. The lowest BCUT2D eigenvalue weighted by Gasteiger charge is -2.28. The molecule has 2 N–H and O–H groups in total. The number of nitrogens with zero attached hydrogens (tertiary/aromatic N) is 1. The Morgan fingerprint density at radius 1 is 1.22 bits per heavy atom. The molecule has 1 aromatic heterocycles. The lowest BCUT2D eigenvalue weighted by Crippen LogP contribution is -2.33. The standard InChI is InChI=1S/C22H27N3O2/c1-14-11-19(12-15(2)24-14)27-10-9-17-5-7-18(8-6-17)16(3)22(4)13-20(23)25-21(22)26/h5-8,11-12,16H,9-10,13H2,1-4H3,(H2,23,25,26). The van der Waals surface area contributed by atoms with Crippen molar-refractivity contribution in [1.82, 2.24) is 10.3 Å². The largest absolute Gasteiger partial charge is 0.493 e. The van der Waals surface area contributed by atoms with Crippen LogP contribution in [0.5, 0.6) is 5.75 Å². The summed E-state index contributed by atoms with van der Waals surface area (Å²) in [4.78, 5) is 16.6. The zero-order chi connectivity index (χ0) is 19.6. The van der Waals surface area contributed by atoms with Crippen molar-refractivity contribution in [2.75, 3.05) is 6.61 Å². The van der Waals surface area contributed by atoms with Gasteiger partial charge in [-0.15, -0.1) is 0 Å². The van der Waals surface area contributed by atoms with Gasteiger partial charge < -0.3 is 10.1 Å². The van der Waals surface area contributed by atoms with Gasteiger partial charge in [0.25, 0.3) is 0 Å². The molecule has 2 unspecified atom stereocenters. The first-order valence-corrected chi connectivity index (χ1v) is 9.34. The third-order valence-corrected chi connectivity index (χ3v) is 5.48.